The van der Waals surface area contributed by atoms with E-state index in [0.29, 0.717) is 0 Å². The Bertz CT molecular complexity index is 581. The maximum Gasteiger partial charge on any atom is 0.0348 e. The van der Waals surface area contributed by atoms with Gasteiger partial charge < -0.3 is 0 Å². The Labute approximate surface area is 160 Å². The third-order valence-corrected chi connectivity index (χ3v) is 6.59. The number of benzene rings is 1. The third kappa shape index (κ3) is 7.13. The van der Waals surface area contributed by atoms with E-state index in [9.17, 15) is 0 Å². The van der Waals surface area contributed by atoms with Crippen LogP contribution in [-0.2, 0) is 12.8 Å². The summed E-state index contributed by atoms with van der Waals surface area (Å²) in [7, 11) is 0. The van der Waals surface area contributed by atoms with Gasteiger partial charge in [-0.15, -0.1) is 11.3 Å². The molecule has 0 unspecified atom stereocenters. The van der Waals surface area contributed by atoms with Gasteiger partial charge in [0.25, 0.3) is 0 Å². The fourth-order valence-corrected chi connectivity index (χ4v) is 5.07. The molecule has 25 heavy (non-hydrogen) atoms. The summed E-state index contributed by atoms with van der Waals surface area (Å²) in [4.78, 5) is 1.69. The molecule has 0 atom stereocenters. The van der Waals surface area contributed by atoms with Gasteiger partial charge in [0.2, 0.25) is 0 Å². The number of rotatable bonds is 14. The van der Waals surface area contributed by atoms with Gasteiger partial charge in [0.15, 0.2) is 0 Å². The zero-order chi connectivity index (χ0) is 17.7. The lowest BCUT2D eigenvalue weighted by Gasteiger charge is -2.06. The molecule has 0 aliphatic rings. The van der Waals surface area contributed by atoms with E-state index in [-0.39, 0.29) is 0 Å². The second-order valence-corrected chi connectivity index (χ2v) is 8.67. The van der Waals surface area contributed by atoms with Crippen molar-refractivity contribution in [1.82, 2.24) is 0 Å². The molecule has 1 heterocycles. The molecule has 0 radical (unpaired) electrons. The Balaban J connectivity index is 1.87. The Morgan fingerprint density at radius 2 is 1.20 bits per heavy atom. The maximum atomic E-state index is 2.35. The summed E-state index contributed by atoms with van der Waals surface area (Å²) in [6.45, 7) is 4.60. The quantitative estimate of drug-likeness (QED) is 0.296. The van der Waals surface area contributed by atoms with Crippen molar-refractivity contribution in [1.29, 1.82) is 0 Å². The van der Waals surface area contributed by atoms with Crippen LogP contribution in [-0.4, -0.2) is 0 Å². The first-order valence-electron chi connectivity index (χ1n) is 10.9. The highest BCUT2D eigenvalue weighted by Gasteiger charge is 2.11. The lowest BCUT2D eigenvalue weighted by molar-refractivity contribution is 0.601. The van der Waals surface area contributed by atoms with E-state index in [1.165, 1.54) is 94.6 Å². The van der Waals surface area contributed by atoms with Gasteiger partial charge in [0.05, 0.1) is 0 Å². The lowest BCUT2D eigenvalue weighted by Crippen LogP contribution is -1.92. The molecule has 0 fully saturated rings. The van der Waals surface area contributed by atoms with Crippen LogP contribution < -0.4 is 0 Å². The maximum absolute atomic E-state index is 2.35. The van der Waals surface area contributed by atoms with Crippen LogP contribution in [0.4, 0.5) is 0 Å². The molecule has 1 heteroatoms. The number of aryl methyl sites for hydroxylation is 2. The number of hydrogen-bond acceptors (Lipinski definition) is 1. The van der Waals surface area contributed by atoms with Gasteiger partial charge in [-0.3, -0.25) is 0 Å². The zero-order valence-electron chi connectivity index (χ0n) is 16.6. The van der Waals surface area contributed by atoms with Crippen molar-refractivity contribution in [2.45, 2.75) is 104 Å². The van der Waals surface area contributed by atoms with E-state index >= 15 is 0 Å². The summed E-state index contributed by atoms with van der Waals surface area (Å²) in [5.41, 5.74) is 1.68. The minimum absolute atomic E-state index is 1.29. The minimum atomic E-state index is 1.29. The number of hydrogen-bond donors (Lipinski definition) is 0. The van der Waals surface area contributed by atoms with Crippen LogP contribution >= 0.6 is 11.3 Å². The van der Waals surface area contributed by atoms with Crippen LogP contribution in [0.2, 0.25) is 0 Å². The van der Waals surface area contributed by atoms with E-state index in [4.69, 9.17) is 0 Å². The highest BCUT2D eigenvalue weighted by Crippen LogP contribution is 2.33. The third-order valence-electron chi connectivity index (χ3n) is 5.32. The number of thiophene rings is 1. The molecular weight excluding hydrogens is 320 g/mol. The molecule has 2 rings (SSSR count). The first kappa shape index (κ1) is 20.5. The average molecular weight is 359 g/mol. The summed E-state index contributed by atoms with van der Waals surface area (Å²) >= 11 is 2.06. The summed E-state index contributed by atoms with van der Waals surface area (Å²) < 4.78 is 1.50. The van der Waals surface area contributed by atoms with Gasteiger partial charge in [0.1, 0.15) is 0 Å². The first-order chi connectivity index (χ1) is 12.4. The van der Waals surface area contributed by atoms with Gasteiger partial charge in [-0.05, 0) is 42.7 Å². The SMILES string of the molecule is CCCCCCCCc1sc2ccccc2c1CCCCCCCC. The monoisotopic (exact) mass is 358 g/mol. The van der Waals surface area contributed by atoms with Crippen molar-refractivity contribution < 1.29 is 0 Å². The molecule has 0 saturated carbocycles. The van der Waals surface area contributed by atoms with Crippen molar-refractivity contribution in [3.8, 4) is 0 Å². The summed E-state index contributed by atoms with van der Waals surface area (Å²) in [6.07, 6.45) is 19.3. The summed E-state index contributed by atoms with van der Waals surface area (Å²) in [6, 6.07) is 9.08. The average Bonchev–Trinajstić information content (AvgIpc) is 2.98. The second-order valence-electron chi connectivity index (χ2n) is 7.54. The van der Waals surface area contributed by atoms with Crippen molar-refractivity contribution in [3.63, 3.8) is 0 Å². The molecular formula is C24H38S. The van der Waals surface area contributed by atoms with Gasteiger partial charge in [-0.2, -0.15) is 0 Å². The predicted molar refractivity (Wildman–Crippen MR) is 116 cm³/mol. The highest BCUT2D eigenvalue weighted by atomic mass is 32.1. The summed E-state index contributed by atoms with van der Waals surface area (Å²) in [5.74, 6) is 0. The molecule has 1 aromatic heterocycles. The van der Waals surface area contributed by atoms with E-state index in [2.05, 4.69) is 49.4 Å². The molecule has 1 aromatic carbocycles. The Kier molecular flexibility index (Phi) is 10.3. The van der Waals surface area contributed by atoms with E-state index < -0.39 is 0 Å². The standard InChI is InChI=1S/C24H38S/c1-3-5-7-9-11-13-17-21-22-18-15-16-20-24(22)25-23(21)19-14-12-10-8-6-4-2/h15-16,18,20H,3-14,17,19H2,1-2H3. The summed E-state index contributed by atoms with van der Waals surface area (Å²) in [5, 5.41) is 1.54. The molecule has 0 nitrogen and oxygen atoms in total. The first-order valence-corrected chi connectivity index (χ1v) is 11.7. The van der Waals surface area contributed by atoms with Crippen LogP contribution in [0.1, 0.15) is 101 Å². The Hall–Kier alpha value is -0.820. The molecule has 0 amide bonds. The van der Waals surface area contributed by atoms with Crippen molar-refractivity contribution in [2.75, 3.05) is 0 Å². The molecule has 0 spiro atoms. The molecule has 2 aromatic rings. The number of unbranched alkanes of at least 4 members (excludes halogenated alkanes) is 10. The molecule has 0 aliphatic carbocycles. The van der Waals surface area contributed by atoms with Crippen LogP contribution in [0, 0.1) is 0 Å². The van der Waals surface area contributed by atoms with Crippen LogP contribution in [0.5, 0.6) is 0 Å². The molecule has 0 aliphatic heterocycles. The van der Waals surface area contributed by atoms with E-state index in [1.807, 2.05) is 0 Å². The van der Waals surface area contributed by atoms with Crippen LogP contribution in [0.3, 0.4) is 0 Å². The second kappa shape index (κ2) is 12.5. The molecule has 0 saturated heterocycles. The topological polar surface area (TPSA) is 0 Å². The van der Waals surface area contributed by atoms with E-state index in [1.54, 1.807) is 15.8 Å². The van der Waals surface area contributed by atoms with Crippen LogP contribution in [0.25, 0.3) is 10.1 Å². The van der Waals surface area contributed by atoms with Gasteiger partial charge in [-0.25, -0.2) is 0 Å². The van der Waals surface area contributed by atoms with Gasteiger partial charge >= 0.3 is 0 Å². The van der Waals surface area contributed by atoms with Gasteiger partial charge in [0, 0.05) is 9.58 Å². The zero-order valence-corrected chi connectivity index (χ0v) is 17.4. The molecule has 0 N–H and O–H groups in total. The molecule has 0 bridgehead atoms. The Morgan fingerprint density at radius 3 is 1.88 bits per heavy atom. The Morgan fingerprint density at radius 1 is 0.640 bits per heavy atom. The largest absolute Gasteiger partial charge is 0.140 e. The van der Waals surface area contributed by atoms with E-state index in [0.717, 1.165) is 0 Å². The fraction of sp³-hybridized carbons (Fsp3) is 0.667. The van der Waals surface area contributed by atoms with Crippen LogP contribution in [0.15, 0.2) is 24.3 Å². The minimum Gasteiger partial charge on any atom is -0.140 e. The normalized spacial score (nSPS) is 11.4. The van der Waals surface area contributed by atoms with Crippen molar-refractivity contribution >= 4 is 21.4 Å². The number of fused-ring (bicyclic) bond motifs is 1. The predicted octanol–water partition coefficient (Wildman–Crippen LogP) is 8.71. The van der Waals surface area contributed by atoms with Crippen molar-refractivity contribution in [3.05, 3.63) is 34.7 Å². The lowest BCUT2D eigenvalue weighted by atomic mass is 10.00. The molecule has 140 valence electrons. The smallest absolute Gasteiger partial charge is 0.0348 e. The van der Waals surface area contributed by atoms with Crippen molar-refractivity contribution in [2.24, 2.45) is 0 Å². The highest BCUT2D eigenvalue weighted by molar-refractivity contribution is 7.19. The van der Waals surface area contributed by atoms with Gasteiger partial charge in [-0.1, -0.05) is 96.3 Å². The fourth-order valence-electron chi connectivity index (χ4n) is 3.77.